The van der Waals surface area contributed by atoms with Crippen LogP contribution in [0.25, 0.3) is 5.57 Å². The summed E-state index contributed by atoms with van der Waals surface area (Å²) < 4.78 is 0. The third-order valence-corrected chi connectivity index (χ3v) is 4.38. The van der Waals surface area contributed by atoms with Crippen LogP contribution in [0.1, 0.15) is 37.3 Å². The monoisotopic (exact) mass is 286 g/mol. The Hall–Kier alpha value is -1.77. The molecule has 1 saturated heterocycles. The number of nitrogens with one attached hydrogen (secondary N) is 1. The van der Waals surface area contributed by atoms with Crippen LogP contribution >= 0.6 is 0 Å². The molecule has 0 saturated carbocycles. The van der Waals surface area contributed by atoms with Crippen LogP contribution in [-0.2, 0) is 4.79 Å². The summed E-state index contributed by atoms with van der Waals surface area (Å²) in [5.74, 6) is 0.514. The number of piperidine rings is 1. The molecular formula is C18H26N2O. The maximum absolute atomic E-state index is 11.3. The van der Waals surface area contributed by atoms with Crippen molar-refractivity contribution in [2.45, 2.75) is 33.1 Å². The molecule has 1 heterocycles. The van der Waals surface area contributed by atoms with E-state index in [2.05, 4.69) is 55.9 Å². The number of carbonyl (C=O) groups is 1. The molecule has 0 spiro atoms. The SMILES string of the molecule is C=C(c1cccc(N(C)CCC)c1C)C1CCC(=O)NC1. The lowest BCUT2D eigenvalue weighted by atomic mass is 9.85. The minimum absolute atomic E-state index is 0.159. The zero-order chi connectivity index (χ0) is 15.4. The zero-order valence-corrected chi connectivity index (χ0v) is 13.4. The fourth-order valence-electron chi connectivity index (χ4n) is 3.09. The van der Waals surface area contributed by atoms with Crippen LogP contribution in [0.3, 0.4) is 0 Å². The van der Waals surface area contributed by atoms with Crippen LogP contribution in [0.5, 0.6) is 0 Å². The van der Waals surface area contributed by atoms with Gasteiger partial charge in [0.2, 0.25) is 5.91 Å². The lowest BCUT2D eigenvalue weighted by molar-refractivity contribution is -0.122. The number of anilines is 1. The van der Waals surface area contributed by atoms with Gasteiger partial charge in [-0.1, -0.05) is 25.6 Å². The molecule has 1 atom stereocenters. The highest BCUT2D eigenvalue weighted by molar-refractivity contribution is 5.79. The zero-order valence-electron chi connectivity index (χ0n) is 13.4. The Morgan fingerprint density at radius 2 is 2.24 bits per heavy atom. The standard InChI is InChI=1S/C18H26N2O/c1-5-11-20(4)17-8-6-7-16(14(17)3)13(2)15-9-10-18(21)19-12-15/h6-8,15H,2,5,9-12H2,1,3-4H3,(H,19,21). The van der Waals surface area contributed by atoms with E-state index in [0.29, 0.717) is 18.9 Å². The van der Waals surface area contributed by atoms with Gasteiger partial charge in [0.1, 0.15) is 0 Å². The van der Waals surface area contributed by atoms with Gasteiger partial charge in [0.05, 0.1) is 0 Å². The van der Waals surface area contributed by atoms with E-state index in [4.69, 9.17) is 0 Å². The van der Waals surface area contributed by atoms with Crippen molar-refractivity contribution in [1.29, 1.82) is 0 Å². The average Bonchev–Trinajstić information content (AvgIpc) is 2.48. The van der Waals surface area contributed by atoms with Crippen LogP contribution < -0.4 is 10.2 Å². The average molecular weight is 286 g/mol. The van der Waals surface area contributed by atoms with Gasteiger partial charge in [0.25, 0.3) is 0 Å². The second-order valence-corrected chi connectivity index (χ2v) is 5.94. The number of rotatable bonds is 5. The Bertz CT molecular complexity index is 526. The van der Waals surface area contributed by atoms with Crippen molar-refractivity contribution in [3.8, 4) is 0 Å². The van der Waals surface area contributed by atoms with Crippen molar-refractivity contribution in [2.75, 3.05) is 25.0 Å². The van der Waals surface area contributed by atoms with Crippen LogP contribution in [0, 0.1) is 12.8 Å². The van der Waals surface area contributed by atoms with E-state index >= 15 is 0 Å². The maximum Gasteiger partial charge on any atom is 0.220 e. The summed E-state index contributed by atoms with van der Waals surface area (Å²) in [6.45, 7) is 10.4. The first-order valence-electron chi connectivity index (χ1n) is 7.81. The topological polar surface area (TPSA) is 32.3 Å². The van der Waals surface area contributed by atoms with E-state index in [1.807, 2.05) is 0 Å². The first kappa shape index (κ1) is 15.6. The summed E-state index contributed by atoms with van der Waals surface area (Å²) >= 11 is 0. The number of benzene rings is 1. The molecule has 1 amide bonds. The first-order valence-corrected chi connectivity index (χ1v) is 7.81. The smallest absolute Gasteiger partial charge is 0.220 e. The largest absolute Gasteiger partial charge is 0.374 e. The van der Waals surface area contributed by atoms with Gasteiger partial charge in [-0.05, 0) is 42.5 Å². The van der Waals surface area contributed by atoms with Gasteiger partial charge in [-0.2, -0.15) is 0 Å². The molecule has 1 aliphatic rings. The normalized spacial score (nSPS) is 18.2. The first-order chi connectivity index (χ1) is 10.0. The molecule has 1 N–H and O–H groups in total. The molecule has 1 aliphatic heterocycles. The third-order valence-electron chi connectivity index (χ3n) is 4.38. The highest BCUT2D eigenvalue weighted by Crippen LogP contribution is 2.33. The van der Waals surface area contributed by atoms with E-state index < -0.39 is 0 Å². The lowest BCUT2D eigenvalue weighted by Gasteiger charge is -2.27. The molecular weight excluding hydrogens is 260 g/mol. The van der Waals surface area contributed by atoms with E-state index in [9.17, 15) is 4.79 Å². The van der Waals surface area contributed by atoms with E-state index in [0.717, 1.165) is 25.0 Å². The molecule has 2 rings (SSSR count). The van der Waals surface area contributed by atoms with Crippen LogP contribution in [0.15, 0.2) is 24.8 Å². The van der Waals surface area contributed by atoms with Gasteiger partial charge < -0.3 is 10.2 Å². The van der Waals surface area contributed by atoms with Crippen molar-refractivity contribution in [3.05, 3.63) is 35.9 Å². The van der Waals surface area contributed by atoms with Crippen molar-refractivity contribution in [2.24, 2.45) is 5.92 Å². The second kappa shape index (κ2) is 6.79. The van der Waals surface area contributed by atoms with Crippen molar-refractivity contribution in [1.82, 2.24) is 5.32 Å². The van der Waals surface area contributed by atoms with Crippen LogP contribution in [-0.4, -0.2) is 26.0 Å². The van der Waals surface area contributed by atoms with Gasteiger partial charge in [0.15, 0.2) is 0 Å². The summed E-state index contributed by atoms with van der Waals surface area (Å²) in [6, 6.07) is 6.43. The highest BCUT2D eigenvalue weighted by Gasteiger charge is 2.22. The Labute approximate surface area is 128 Å². The molecule has 0 aromatic heterocycles. The summed E-state index contributed by atoms with van der Waals surface area (Å²) in [7, 11) is 2.14. The van der Waals surface area contributed by atoms with E-state index in [-0.39, 0.29) is 5.91 Å². The van der Waals surface area contributed by atoms with Gasteiger partial charge in [0, 0.05) is 38.2 Å². The van der Waals surface area contributed by atoms with Crippen LogP contribution in [0.4, 0.5) is 5.69 Å². The summed E-state index contributed by atoms with van der Waals surface area (Å²) in [6.07, 6.45) is 2.65. The van der Waals surface area contributed by atoms with Crippen molar-refractivity contribution in [3.63, 3.8) is 0 Å². The summed E-state index contributed by atoms with van der Waals surface area (Å²) in [5, 5.41) is 2.95. The number of nitrogens with zero attached hydrogens (tertiary/aromatic N) is 1. The number of hydrogen-bond donors (Lipinski definition) is 1. The van der Waals surface area contributed by atoms with Gasteiger partial charge in [-0.3, -0.25) is 4.79 Å². The minimum atomic E-state index is 0.159. The molecule has 1 aromatic carbocycles. The predicted molar refractivity (Wildman–Crippen MR) is 89.5 cm³/mol. The number of carbonyl (C=O) groups excluding carboxylic acids is 1. The molecule has 0 aliphatic carbocycles. The molecule has 0 bridgehead atoms. The molecule has 3 nitrogen and oxygen atoms in total. The van der Waals surface area contributed by atoms with E-state index in [1.165, 1.54) is 16.8 Å². The molecule has 0 radical (unpaired) electrons. The Morgan fingerprint density at radius 1 is 1.48 bits per heavy atom. The number of hydrogen-bond acceptors (Lipinski definition) is 2. The Kier molecular flexibility index (Phi) is 5.05. The van der Waals surface area contributed by atoms with Gasteiger partial charge in [-0.25, -0.2) is 0 Å². The predicted octanol–water partition coefficient (Wildman–Crippen LogP) is 3.38. The molecule has 1 aromatic rings. The van der Waals surface area contributed by atoms with Crippen molar-refractivity contribution < 1.29 is 4.79 Å². The molecule has 21 heavy (non-hydrogen) atoms. The van der Waals surface area contributed by atoms with E-state index in [1.54, 1.807) is 0 Å². The quantitative estimate of drug-likeness (QED) is 0.900. The molecule has 114 valence electrons. The fraction of sp³-hybridized carbons (Fsp3) is 0.500. The Morgan fingerprint density at radius 3 is 2.86 bits per heavy atom. The highest BCUT2D eigenvalue weighted by atomic mass is 16.1. The molecule has 1 fully saturated rings. The van der Waals surface area contributed by atoms with Crippen LogP contribution in [0.2, 0.25) is 0 Å². The third kappa shape index (κ3) is 3.46. The van der Waals surface area contributed by atoms with Crippen molar-refractivity contribution >= 4 is 17.2 Å². The fourth-order valence-corrected chi connectivity index (χ4v) is 3.09. The molecule has 3 heteroatoms. The summed E-state index contributed by atoms with van der Waals surface area (Å²) in [4.78, 5) is 13.6. The maximum atomic E-state index is 11.3. The number of amides is 1. The summed E-state index contributed by atoms with van der Waals surface area (Å²) in [5.41, 5.74) is 4.95. The Balaban J connectivity index is 2.21. The second-order valence-electron chi connectivity index (χ2n) is 5.94. The molecule has 1 unspecified atom stereocenters. The lowest BCUT2D eigenvalue weighted by Crippen LogP contribution is -2.35. The minimum Gasteiger partial charge on any atom is -0.374 e. The van der Waals surface area contributed by atoms with Gasteiger partial charge >= 0.3 is 0 Å². The van der Waals surface area contributed by atoms with Gasteiger partial charge in [-0.15, -0.1) is 0 Å².